The average Bonchev–Trinajstić information content (AvgIpc) is 3.44. The maximum absolute atomic E-state index is 13.5. The fourth-order valence-corrected chi connectivity index (χ4v) is 5.71. The number of benzene rings is 2. The molecule has 11 heteroatoms. The molecule has 2 aromatic carbocycles. The second-order valence-electron chi connectivity index (χ2n) is 7.99. The minimum absolute atomic E-state index is 0.113. The first-order valence-corrected chi connectivity index (χ1v) is 12.1. The van der Waals surface area contributed by atoms with Crippen LogP contribution in [0.2, 0.25) is 0 Å². The molecule has 0 radical (unpaired) electrons. The first kappa shape index (κ1) is 24.0. The highest BCUT2D eigenvalue weighted by Crippen LogP contribution is 2.31. The summed E-state index contributed by atoms with van der Waals surface area (Å²) in [5.41, 5.74) is 0.446. The first-order chi connectivity index (χ1) is 16.2. The molecular formula is C23H23FN2O7S. The van der Waals surface area contributed by atoms with Crippen LogP contribution in [-0.4, -0.2) is 62.9 Å². The molecule has 0 spiro atoms. The molecule has 2 fully saturated rings. The topological polar surface area (TPSA) is 110 Å². The Kier molecular flexibility index (Phi) is 6.78. The number of hydrogen-bond donors (Lipinski definition) is 0. The number of nitrogens with zero attached hydrogens (tertiary/aromatic N) is 2. The molecule has 9 nitrogen and oxygen atoms in total. The molecule has 0 saturated carbocycles. The number of ether oxygens (including phenoxy) is 2. The molecule has 2 saturated heterocycles. The third-order valence-corrected chi connectivity index (χ3v) is 7.73. The van der Waals surface area contributed by atoms with Gasteiger partial charge in [0.25, 0.3) is 5.91 Å². The second kappa shape index (κ2) is 9.61. The normalized spacial score (nSPS) is 20.9. The average molecular weight is 491 g/mol. The molecule has 34 heavy (non-hydrogen) atoms. The van der Waals surface area contributed by atoms with Crippen LogP contribution < -0.4 is 4.90 Å². The van der Waals surface area contributed by atoms with Crippen LogP contribution in [0, 0.1) is 5.82 Å². The molecule has 2 aliphatic rings. The highest BCUT2D eigenvalue weighted by molar-refractivity contribution is 7.89. The molecule has 180 valence electrons. The van der Waals surface area contributed by atoms with Crippen LogP contribution in [0.1, 0.15) is 29.6 Å². The number of carbonyl (C=O) groups excluding carboxylic acids is 3. The fourth-order valence-electron chi connectivity index (χ4n) is 4.10. The van der Waals surface area contributed by atoms with Crippen molar-refractivity contribution in [2.75, 3.05) is 25.2 Å². The van der Waals surface area contributed by atoms with Gasteiger partial charge in [-0.05, 0) is 61.4 Å². The van der Waals surface area contributed by atoms with Gasteiger partial charge in [-0.3, -0.25) is 9.59 Å². The summed E-state index contributed by atoms with van der Waals surface area (Å²) in [5, 5.41) is 0. The molecule has 0 aliphatic carbocycles. The maximum atomic E-state index is 13.5. The zero-order chi connectivity index (χ0) is 24.5. The van der Waals surface area contributed by atoms with E-state index < -0.39 is 45.8 Å². The number of esters is 1. The summed E-state index contributed by atoms with van der Waals surface area (Å²) in [6.07, 6.45) is 0.588. The molecule has 0 bridgehead atoms. The maximum Gasteiger partial charge on any atom is 0.337 e. The molecule has 0 aromatic heterocycles. The van der Waals surface area contributed by atoms with Crippen LogP contribution in [0.25, 0.3) is 0 Å². The summed E-state index contributed by atoms with van der Waals surface area (Å²) in [6, 6.07) is 8.67. The molecule has 2 amide bonds. The predicted octanol–water partition coefficient (Wildman–Crippen LogP) is 2.11. The lowest BCUT2D eigenvalue weighted by Crippen LogP contribution is -2.48. The number of imide groups is 1. The van der Waals surface area contributed by atoms with Crippen molar-refractivity contribution >= 4 is 33.5 Å². The monoisotopic (exact) mass is 490 g/mol. The van der Waals surface area contributed by atoms with Crippen LogP contribution in [0.5, 0.6) is 0 Å². The minimum Gasteiger partial charge on any atom is -0.465 e. The molecule has 2 heterocycles. The van der Waals surface area contributed by atoms with Gasteiger partial charge in [0.05, 0.1) is 35.8 Å². The van der Waals surface area contributed by atoms with Gasteiger partial charge in [0.1, 0.15) is 11.9 Å². The van der Waals surface area contributed by atoms with Crippen LogP contribution >= 0.6 is 0 Å². The van der Waals surface area contributed by atoms with E-state index in [1.165, 1.54) is 31.4 Å². The summed E-state index contributed by atoms with van der Waals surface area (Å²) in [6.45, 7) is 0.365. The SMILES string of the molecule is COC(=O)c1ccc(N2C(=O)CC(N(CC3CCCO3)S(=O)(=O)c3ccc(F)cc3)C2=O)cc1. The lowest BCUT2D eigenvalue weighted by Gasteiger charge is -2.29. The number of sulfonamides is 1. The van der Waals surface area contributed by atoms with Crippen molar-refractivity contribution in [2.24, 2.45) is 0 Å². The first-order valence-electron chi connectivity index (χ1n) is 10.7. The van der Waals surface area contributed by atoms with Gasteiger partial charge >= 0.3 is 5.97 Å². The third kappa shape index (κ3) is 4.59. The van der Waals surface area contributed by atoms with Gasteiger partial charge < -0.3 is 9.47 Å². The molecule has 4 rings (SSSR count). The Labute approximate surface area is 196 Å². The molecule has 2 aliphatic heterocycles. The quantitative estimate of drug-likeness (QED) is 0.432. The van der Waals surface area contributed by atoms with E-state index in [4.69, 9.17) is 4.74 Å². The van der Waals surface area contributed by atoms with Crippen LogP contribution in [0.15, 0.2) is 53.4 Å². The molecule has 2 aromatic rings. The lowest BCUT2D eigenvalue weighted by molar-refractivity contribution is -0.122. The highest BCUT2D eigenvalue weighted by atomic mass is 32.2. The highest BCUT2D eigenvalue weighted by Gasteiger charge is 2.47. The molecular weight excluding hydrogens is 467 g/mol. The molecule has 0 N–H and O–H groups in total. The Morgan fingerprint density at radius 2 is 1.82 bits per heavy atom. The Bertz CT molecular complexity index is 1190. The summed E-state index contributed by atoms with van der Waals surface area (Å²) in [4.78, 5) is 38.6. The van der Waals surface area contributed by atoms with Gasteiger partial charge in [0.15, 0.2) is 0 Å². The van der Waals surface area contributed by atoms with Crippen LogP contribution in [0.3, 0.4) is 0 Å². The largest absolute Gasteiger partial charge is 0.465 e. The van der Waals surface area contributed by atoms with E-state index in [1.807, 2.05) is 0 Å². The zero-order valence-corrected chi connectivity index (χ0v) is 19.2. The van der Waals surface area contributed by atoms with E-state index in [0.29, 0.717) is 13.0 Å². The van der Waals surface area contributed by atoms with Crippen molar-refractivity contribution < 1.29 is 36.7 Å². The van der Waals surface area contributed by atoms with Crippen LogP contribution in [0.4, 0.5) is 10.1 Å². The van der Waals surface area contributed by atoms with Gasteiger partial charge in [-0.2, -0.15) is 4.31 Å². The summed E-state index contributed by atoms with van der Waals surface area (Å²) in [7, 11) is -3.01. The smallest absolute Gasteiger partial charge is 0.337 e. The van der Waals surface area contributed by atoms with Crippen molar-refractivity contribution in [3.8, 4) is 0 Å². The zero-order valence-electron chi connectivity index (χ0n) is 18.3. The summed E-state index contributed by atoms with van der Waals surface area (Å²) in [5.74, 6) is -2.46. The predicted molar refractivity (Wildman–Crippen MR) is 118 cm³/mol. The van der Waals surface area contributed by atoms with E-state index in [1.54, 1.807) is 0 Å². The number of hydrogen-bond acceptors (Lipinski definition) is 7. The van der Waals surface area contributed by atoms with Gasteiger partial charge in [-0.1, -0.05) is 0 Å². The van der Waals surface area contributed by atoms with Gasteiger partial charge in [-0.15, -0.1) is 0 Å². The Hall–Kier alpha value is -3.15. The van der Waals surface area contributed by atoms with Crippen molar-refractivity contribution in [1.29, 1.82) is 0 Å². The van der Waals surface area contributed by atoms with E-state index in [-0.39, 0.29) is 29.1 Å². The third-order valence-electron chi connectivity index (χ3n) is 5.84. The van der Waals surface area contributed by atoms with Gasteiger partial charge in [0.2, 0.25) is 15.9 Å². The van der Waals surface area contributed by atoms with Crippen molar-refractivity contribution in [3.05, 3.63) is 59.9 Å². The van der Waals surface area contributed by atoms with E-state index in [0.717, 1.165) is 39.9 Å². The molecule has 2 atom stereocenters. The number of halogens is 1. The summed E-state index contributed by atoms with van der Waals surface area (Å²) >= 11 is 0. The number of methoxy groups -OCH3 is 1. The van der Waals surface area contributed by atoms with Crippen LogP contribution in [-0.2, 0) is 29.1 Å². The standard InChI is InChI=1S/C23H23FN2O7S/c1-32-23(29)15-4-8-17(9-5-15)26-21(27)13-20(22(26)28)25(14-18-3-2-12-33-18)34(30,31)19-10-6-16(24)7-11-19/h4-11,18,20H,2-3,12-14H2,1H3. The summed E-state index contributed by atoms with van der Waals surface area (Å²) < 4.78 is 51.6. The lowest BCUT2D eigenvalue weighted by atomic mass is 10.2. The molecule has 2 unspecified atom stereocenters. The Balaban J connectivity index is 1.66. The van der Waals surface area contributed by atoms with E-state index in [9.17, 15) is 27.2 Å². The number of carbonyl (C=O) groups is 3. The Morgan fingerprint density at radius 1 is 1.15 bits per heavy atom. The Morgan fingerprint density at radius 3 is 2.41 bits per heavy atom. The van der Waals surface area contributed by atoms with Gasteiger partial charge in [0, 0.05) is 13.2 Å². The number of amides is 2. The van der Waals surface area contributed by atoms with Gasteiger partial charge in [-0.25, -0.2) is 22.5 Å². The van der Waals surface area contributed by atoms with Crippen molar-refractivity contribution in [2.45, 2.75) is 36.3 Å². The van der Waals surface area contributed by atoms with Crippen molar-refractivity contribution in [1.82, 2.24) is 4.31 Å². The minimum atomic E-state index is -4.25. The van der Waals surface area contributed by atoms with E-state index in [2.05, 4.69) is 4.74 Å². The number of anilines is 1. The second-order valence-corrected chi connectivity index (χ2v) is 9.88. The fraction of sp³-hybridized carbons (Fsp3) is 0.348. The van der Waals surface area contributed by atoms with E-state index >= 15 is 0 Å². The van der Waals surface area contributed by atoms with Crippen molar-refractivity contribution in [3.63, 3.8) is 0 Å². The number of rotatable bonds is 7.